The van der Waals surface area contributed by atoms with Crippen molar-refractivity contribution in [2.45, 2.75) is 44.0 Å². The zero-order valence-electron chi connectivity index (χ0n) is 18.3. The third-order valence-corrected chi connectivity index (χ3v) is 6.32. The number of fused-ring (bicyclic) bond motifs is 1. The quantitative estimate of drug-likeness (QED) is 0.309. The normalized spacial score (nSPS) is 23.5. The zero-order valence-corrected chi connectivity index (χ0v) is 18.3. The number of ether oxygens (including phenoxy) is 1. The van der Waals surface area contributed by atoms with Gasteiger partial charge in [0.15, 0.2) is 6.23 Å². The number of carbonyl (C=O) groups excluding carboxylic acids is 4. The third kappa shape index (κ3) is 4.85. The lowest BCUT2D eigenvalue weighted by atomic mass is 10.0. The zero-order chi connectivity index (χ0) is 23.5. The first-order valence-corrected chi connectivity index (χ1v) is 11.2. The van der Waals surface area contributed by atoms with Gasteiger partial charge in [0.25, 0.3) is 5.91 Å². The standard InChI is InChI=1S/C22H29N5O6/c23-13-6-9-26(10-7-13)18(29)12-33-11-8-24-15-3-1-2-14-19(15)22(32)27(21(14)31)16-4-5-17(28)25-20(16)30/h1-3,13,16,22,24,32H,4-12,23H2,(H,25,28,30). The van der Waals surface area contributed by atoms with Crippen LogP contribution in [0.15, 0.2) is 18.2 Å². The second-order valence-corrected chi connectivity index (χ2v) is 8.52. The Morgan fingerprint density at radius 1 is 1.21 bits per heavy atom. The summed E-state index contributed by atoms with van der Waals surface area (Å²) in [6.45, 7) is 1.88. The number of benzene rings is 1. The van der Waals surface area contributed by atoms with E-state index in [-0.39, 0.29) is 43.9 Å². The lowest BCUT2D eigenvalue weighted by molar-refractivity contribution is -0.140. The van der Waals surface area contributed by atoms with Gasteiger partial charge in [-0.2, -0.15) is 0 Å². The number of nitrogens with one attached hydrogen (secondary N) is 2. The highest BCUT2D eigenvalue weighted by molar-refractivity contribution is 6.06. The number of hydrogen-bond acceptors (Lipinski definition) is 8. The number of hydrogen-bond donors (Lipinski definition) is 4. The lowest BCUT2D eigenvalue weighted by Crippen LogP contribution is -2.53. The Bertz CT molecular complexity index is 945. The Balaban J connectivity index is 1.31. The van der Waals surface area contributed by atoms with Gasteiger partial charge in [0.2, 0.25) is 17.7 Å². The fourth-order valence-corrected chi connectivity index (χ4v) is 4.49. The minimum absolute atomic E-state index is 0.0196. The van der Waals surface area contributed by atoms with Crippen LogP contribution in [-0.2, 0) is 19.1 Å². The molecule has 33 heavy (non-hydrogen) atoms. The summed E-state index contributed by atoms with van der Waals surface area (Å²) < 4.78 is 5.50. The van der Waals surface area contributed by atoms with Gasteiger partial charge in [-0.15, -0.1) is 0 Å². The molecule has 3 aliphatic heterocycles. The summed E-state index contributed by atoms with van der Waals surface area (Å²) in [5, 5.41) is 16.2. The fourth-order valence-electron chi connectivity index (χ4n) is 4.49. The monoisotopic (exact) mass is 459 g/mol. The number of carbonyl (C=O) groups is 4. The number of piperidine rings is 2. The van der Waals surface area contributed by atoms with E-state index < -0.39 is 24.1 Å². The van der Waals surface area contributed by atoms with Gasteiger partial charge in [0, 0.05) is 48.9 Å². The van der Waals surface area contributed by atoms with Gasteiger partial charge in [-0.3, -0.25) is 29.4 Å². The van der Waals surface area contributed by atoms with Gasteiger partial charge < -0.3 is 25.8 Å². The molecule has 11 heteroatoms. The van der Waals surface area contributed by atoms with Gasteiger partial charge >= 0.3 is 0 Å². The molecule has 3 aliphatic rings. The van der Waals surface area contributed by atoms with Crippen molar-refractivity contribution in [1.82, 2.24) is 15.1 Å². The maximum absolute atomic E-state index is 12.9. The van der Waals surface area contributed by atoms with Gasteiger partial charge in [-0.1, -0.05) is 6.07 Å². The van der Waals surface area contributed by atoms with Crippen LogP contribution >= 0.6 is 0 Å². The summed E-state index contributed by atoms with van der Waals surface area (Å²) in [5.41, 5.74) is 7.09. The van der Waals surface area contributed by atoms with Crippen molar-refractivity contribution in [3.63, 3.8) is 0 Å². The van der Waals surface area contributed by atoms with Crippen molar-refractivity contribution < 1.29 is 29.0 Å². The van der Waals surface area contributed by atoms with Crippen molar-refractivity contribution in [2.24, 2.45) is 5.73 Å². The highest BCUT2D eigenvalue weighted by Gasteiger charge is 2.45. The maximum Gasteiger partial charge on any atom is 0.257 e. The van der Waals surface area contributed by atoms with Crippen molar-refractivity contribution in [3.8, 4) is 0 Å². The molecule has 0 saturated carbocycles. The SMILES string of the molecule is NC1CCN(C(=O)COCCNc2cccc3c2C(O)N(C2CCC(=O)NC2=O)C3=O)CC1. The number of nitrogens with two attached hydrogens (primary N) is 1. The van der Waals surface area contributed by atoms with Crippen LogP contribution < -0.4 is 16.4 Å². The Morgan fingerprint density at radius 3 is 2.70 bits per heavy atom. The molecule has 178 valence electrons. The molecular formula is C22H29N5O6. The van der Waals surface area contributed by atoms with E-state index in [1.54, 1.807) is 23.1 Å². The Hall–Kier alpha value is -3.02. The van der Waals surface area contributed by atoms with Gasteiger partial charge in [-0.05, 0) is 31.4 Å². The van der Waals surface area contributed by atoms with Gasteiger partial charge in [0.1, 0.15) is 12.6 Å². The molecule has 0 aliphatic carbocycles. The van der Waals surface area contributed by atoms with Crippen LogP contribution in [0.3, 0.4) is 0 Å². The number of aliphatic hydroxyl groups excluding tert-OH is 1. The molecule has 0 bridgehead atoms. The summed E-state index contributed by atoms with van der Waals surface area (Å²) in [6, 6.07) is 4.25. The van der Waals surface area contributed by atoms with E-state index in [1.165, 1.54) is 0 Å². The van der Waals surface area contributed by atoms with Crippen molar-refractivity contribution in [2.75, 3.05) is 38.2 Å². The average molecular weight is 460 g/mol. The fraction of sp³-hybridized carbons (Fsp3) is 0.545. The molecule has 0 radical (unpaired) electrons. The molecule has 11 nitrogen and oxygen atoms in total. The molecule has 2 saturated heterocycles. The lowest BCUT2D eigenvalue weighted by Gasteiger charge is -2.32. The summed E-state index contributed by atoms with van der Waals surface area (Å²) in [6.07, 6.45) is 0.546. The van der Waals surface area contributed by atoms with Crippen LogP contribution in [0.25, 0.3) is 0 Å². The molecule has 4 rings (SSSR count). The summed E-state index contributed by atoms with van der Waals surface area (Å²) >= 11 is 0. The van der Waals surface area contributed by atoms with Crippen LogP contribution in [0.5, 0.6) is 0 Å². The number of likely N-dealkylation sites (tertiary alicyclic amines) is 1. The van der Waals surface area contributed by atoms with E-state index in [9.17, 15) is 24.3 Å². The average Bonchev–Trinajstić information content (AvgIpc) is 3.05. The van der Waals surface area contributed by atoms with Crippen LogP contribution in [-0.4, -0.2) is 83.5 Å². The largest absolute Gasteiger partial charge is 0.382 e. The Labute approximate surface area is 191 Å². The molecule has 3 heterocycles. The molecule has 1 aromatic rings. The van der Waals surface area contributed by atoms with Crippen molar-refractivity contribution in [3.05, 3.63) is 29.3 Å². The smallest absolute Gasteiger partial charge is 0.257 e. The predicted molar refractivity (Wildman–Crippen MR) is 117 cm³/mol. The van der Waals surface area contributed by atoms with Crippen LogP contribution in [0.4, 0.5) is 5.69 Å². The summed E-state index contributed by atoms with van der Waals surface area (Å²) in [4.78, 5) is 51.7. The number of imide groups is 1. The number of amides is 4. The Kier molecular flexibility index (Phi) is 6.91. The van der Waals surface area contributed by atoms with E-state index in [2.05, 4.69) is 10.6 Å². The van der Waals surface area contributed by atoms with Crippen LogP contribution in [0.1, 0.15) is 47.8 Å². The minimum atomic E-state index is -1.31. The molecular weight excluding hydrogens is 430 g/mol. The Morgan fingerprint density at radius 2 is 1.97 bits per heavy atom. The second kappa shape index (κ2) is 9.86. The number of anilines is 1. The summed E-state index contributed by atoms with van der Waals surface area (Å²) in [7, 11) is 0. The predicted octanol–water partition coefficient (Wildman–Crippen LogP) is -0.683. The van der Waals surface area contributed by atoms with Crippen molar-refractivity contribution in [1.29, 1.82) is 0 Å². The van der Waals surface area contributed by atoms with E-state index >= 15 is 0 Å². The van der Waals surface area contributed by atoms with E-state index in [0.29, 0.717) is 36.4 Å². The molecule has 0 aromatic heterocycles. The van der Waals surface area contributed by atoms with Crippen LogP contribution in [0.2, 0.25) is 0 Å². The first-order chi connectivity index (χ1) is 15.9. The van der Waals surface area contributed by atoms with Gasteiger partial charge in [-0.25, -0.2) is 0 Å². The molecule has 5 N–H and O–H groups in total. The summed E-state index contributed by atoms with van der Waals surface area (Å²) in [5.74, 6) is -1.50. The topological polar surface area (TPSA) is 154 Å². The molecule has 1 aromatic carbocycles. The van der Waals surface area contributed by atoms with Crippen LogP contribution in [0, 0.1) is 0 Å². The first-order valence-electron chi connectivity index (χ1n) is 11.2. The van der Waals surface area contributed by atoms with E-state index in [0.717, 1.165) is 17.7 Å². The minimum Gasteiger partial charge on any atom is -0.382 e. The molecule has 0 spiro atoms. The number of aliphatic hydroxyl groups is 1. The molecule has 2 atom stereocenters. The third-order valence-electron chi connectivity index (χ3n) is 6.32. The highest BCUT2D eigenvalue weighted by Crippen LogP contribution is 2.39. The maximum atomic E-state index is 12.9. The van der Waals surface area contributed by atoms with E-state index in [4.69, 9.17) is 10.5 Å². The molecule has 2 fully saturated rings. The highest BCUT2D eigenvalue weighted by atomic mass is 16.5. The number of nitrogens with zero attached hydrogens (tertiary/aromatic N) is 2. The van der Waals surface area contributed by atoms with Crippen molar-refractivity contribution >= 4 is 29.3 Å². The first kappa shape index (κ1) is 23.1. The van der Waals surface area contributed by atoms with Gasteiger partial charge in [0.05, 0.1) is 6.61 Å². The molecule has 4 amide bonds. The number of rotatable bonds is 7. The van der Waals surface area contributed by atoms with E-state index in [1.807, 2.05) is 0 Å². The molecule has 2 unspecified atom stereocenters. The second-order valence-electron chi connectivity index (χ2n) is 8.52.